The van der Waals surface area contributed by atoms with E-state index in [1.807, 2.05) is 0 Å². The van der Waals surface area contributed by atoms with Crippen molar-refractivity contribution < 1.29 is 0 Å². The summed E-state index contributed by atoms with van der Waals surface area (Å²) in [7, 11) is 0. The third kappa shape index (κ3) is 9.64. The van der Waals surface area contributed by atoms with E-state index in [4.69, 9.17) is 0 Å². The molecule has 17 heavy (non-hydrogen) atoms. The van der Waals surface area contributed by atoms with Crippen LogP contribution in [0.1, 0.15) is 86.0 Å². The maximum atomic E-state index is 3.76. The largest absolute Gasteiger partial charge is 0.312 e. The molecule has 0 saturated carbocycles. The van der Waals surface area contributed by atoms with E-state index < -0.39 is 0 Å². The number of rotatable bonds is 11. The lowest BCUT2D eigenvalue weighted by Gasteiger charge is -2.25. The van der Waals surface area contributed by atoms with Crippen molar-refractivity contribution in [2.45, 2.75) is 98.1 Å². The van der Waals surface area contributed by atoms with Crippen LogP contribution >= 0.6 is 0 Å². The molecule has 1 heteroatoms. The quantitative estimate of drug-likeness (QED) is 0.527. The Hall–Kier alpha value is -0.0400. The van der Waals surface area contributed by atoms with Crippen LogP contribution in [0, 0.1) is 5.92 Å². The van der Waals surface area contributed by atoms with Crippen molar-refractivity contribution in [1.82, 2.24) is 5.32 Å². The van der Waals surface area contributed by atoms with Crippen LogP contribution in [0.5, 0.6) is 0 Å². The Morgan fingerprint density at radius 2 is 1.47 bits per heavy atom. The van der Waals surface area contributed by atoms with E-state index in [1.165, 1.54) is 51.4 Å². The SMILES string of the molecule is CCCCC(CC)CC(CCCC)NC(C)C. The molecule has 0 spiro atoms. The Balaban J connectivity index is 4.06. The van der Waals surface area contributed by atoms with Gasteiger partial charge in [0, 0.05) is 12.1 Å². The lowest BCUT2D eigenvalue weighted by Crippen LogP contribution is -2.36. The molecule has 0 bridgehead atoms. The van der Waals surface area contributed by atoms with E-state index in [9.17, 15) is 0 Å². The Bertz CT molecular complexity index is 154. The monoisotopic (exact) mass is 241 g/mol. The number of unbranched alkanes of at least 4 members (excludes halogenated alkanes) is 2. The second-order valence-corrected chi connectivity index (χ2v) is 5.81. The summed E-state index contributed by atoms with van der Waals surface area (Å²) >= 11 is 0. The van der Waals surface area contributed by atoms with Crippen LogP contribution in [0.15, 0.2) is 0 Å². The zero-order chi connectivity index (χ0) is 13.1. The first-order chi connectivity index (χ1) is 8.13. The fourth-order valence-electron chi connectivity index (χ4n) is 2.57. The zero-order valence-electron chi connectivity index (χ0n) is 12.9. The Morgan fingerprint density at radius 3 is 1.94 bits per heavy atom. The molecule has 0 aromatic rings. The Labute approximate surface area is 110 Å². The average Bonchev–Trinajstić information content (AvgIpc) is 2.30. The van der Waals surface area contributed by atoms with Crippen molar-refractivity contribution in [2.75, 3.05) is 0 Å². The van der Waals surface area contributed by atoms with E-state index in [1.54, 1.807) is 0 Å². The van der Waals surface area contributed by atoms with E-state index in [0.29, 0.717) is 6.04 Å². The highest BCUT2D eigenvalue weighted by Crippen LogP contribution is 2.21. The van der Waals surface area contributed by atoms with Gasteiger partial charge in [0.05, 0.1) is 0 Å². The van der Waals surface area contributed by atoms with E-state index in [0.717, 1.165) is 12.0 Å². The molecule has 0 aliphatic rings. The molecule has 0 saturated heterocycles. The van der Waals surface area contributed by atoms with E-state index in [2.05, 4.69) is 39.9 Å². The topological polar surface area (TPSA) is 12.0 Å². The molecule has 0 aromatic heterocycles. The maximum absolute atomic E-state index is 3.76. The second kappa shape index (κ2) is 11.1. The van der Waals surface area contributed by atoms with Crippen molar-refractivity contribution in [3.05, 3.63) is 0 Å². The standard InChI is InChI=1S/C16H35N/c1-6-9-11-15(8-3)13-16(12-10-7-2)17-14(4)5/h14-17H,6-13H2,1-5H3. The minimum atomic E-state index is 0.625. The first-order valence-corrected chi connectivity index (χ1v) is 7.89. The van der Waals surface area contributed by atoms with Crippen LogP contribution in [0.25, 0.3) is 0 Å². The molecular formula is C16H35N. The molecule has 0 fully saturated rings. The molecule has 0 amide bonds. The summed E-state index contributed by atoms with van der Waals surface area (Å²) < 4.78 is 0. The molecule has 0 aliphatic carbocycles. The van der Waals surface area contributed by atoms with Crippen LogP contribution in [0.3, 0.4) is 0 Å². The van der Waals surface area contributed by atoms with Crippen molar-refractivity contribution >= 4 is 0 Å². The summed E-state index contributed by atoms with van der Waals surface area (Å²) in [5, 5.41) is 3.76. The minimum Gasteiger partial charge on any atom is -0.312 e. The average molecular weight is 241 g/mol. The maximum Gasteiger partial charge on any atom is 0.00720 e. The lowest BCUT2D eigenvalue weighted by atomic mass is 9.90. The summed E-state index contributed by atoms with van der Waals surface area (Å²) in [5.41, 5.74) is 0. The van der Waals surface area contributed by atoms with Gasteiger partial charge in [0.25, 0.3) is 0 Å². The molecular weight excluding hydrogens is 206 g/mol. The van der Waals surface area contributed by atoms with Gasteiger partial charge in [-0.2, -0.15) is 0 Å². The van der Waals surface area contributed by atoms with Crippen LogP contribution in [-0.4, -0.2) is 12.1 Å². The van der Waals surface area contributed by atoms with Crippen LogP contribution in [-0.2, 0) is 0 Å². The molecule has 0 aromatic carbocycles. The van der Waals surface area contributed by atoms with Gasteiger partial charge in [-0.25, -0.2) is 0 Å². The highest BCUT2D eigenvalue weighted by molar-refractivity contribution is 4.73. The summed E-state index contributed by atoms with van der Waals surface area (Å²) in [6.45, 7) is 11.5. The molecule has 2 atom stereocenters. The van der Waals surface area contributed by atoms with Gasteiger partial charge in [-0.3, -0.25) is 0 Å². The summed E-state index contributed by atoms with van der Waals surface area (Å²) in [5.74, 6) is 0.933. The lowest BCUT2D eigenvalue weighted by molar-refractivity contribution is 0.318. The van der Waals surface area contributed by atoms with Crippen molar-refractivity contribution in [2.24, 2.45) is 5.92 Å². The highest BCUT2D eigenvalue weighted by Gasteiger charge is 2.15. The number of nitrogens with one attached hydrogen (secondary N) is 1. The minimum absolute atomic E-state index is 0.625. The van der Waals surface area contributed by atoms with Gasteiger partial charge < -0.3 is 5.32 Å². The normalized spacial score (nSPS) is 15.2. The molecule has 2 unspecified atom stereocenters. The molecule has 0 heterocycles. The smallest absolute Gasteiger partial charge is 0.00720 e. The fourth-order valence-corrected chi connectivity index (χ4v) is 2.57. The number of hydrogen-bond acceptors (Lipinski definition) is 1. The molecule has 1 N–H and O–H groups in total. The van der Waals surface area contributed by atoms with Gasteiger partial charge in [-0.05, 0) is 18.8 Å². The van der Waals surface area contributed by atoms with Gasteiger partial charge in [0.15, 0.2) is 0 Å². The van der Waals surface area contributed by atoms with Crippen molar-refractivity contribution in [3.8, 4) is 0 Å². The molecule has 0 radical (unpaired) electrons. The van der Waals surface area contributed by atoms with Crippen LogP contribution in [0.2, 0.25) is 0 Å². The third-order valence-electron chi connectivity index (χ3n) is 3.64. The molecule has 0 rings (SSSR count). The van der Waals surface area contributed by atoms with E-state index >= 15 is 0 Å². The van der Waals surface area contributed by atoms with Gasteiger partial charge >= 0.3 is 0 Å². The van der Waals surface area contributed by atoms with Gasteiger partial charge in [-0.15, -0.1) is 0 Å². The Kier molecular flexibility index (Phi) is 11.0. The number of hydrogen-bond donors (Lipinski definition) is 1. The van der Waals surface area contributed by atoms with Gasteiger partial charge in [0.1, 0.15) is 0 Å². The molecule has 104 valence electrons. The highest BCUT2D eigenvalue weighted by atomic mass is 14.9. The van der Waals surface area contributed by atoms with Gasteiger partial charge in [-0.1, -0.05) is 73.1 Å². The second-order valence-electron chi connectivity index (χ2n) is 5.81. The first-order valence-electron chi connectivity index (χ1n) is 7.89. The summed E-state index contributed by atoms with van der Waals surface area (Å²) in [6, 6.07) is 1.37. The summed E-state index contributed by atoms with van der Waals surface area (Å²) in [6.07, 6.45) is 11.0. The third-order valence-corrected chi connectivity index (χ3v) is 3.64. The fraction of sp³-hybridized carbons (Fsp3) is 1.00. The zero-order valence-corrected chi connectivity index (χ0v) is 12.9. The first kappa shape index (κ1) is 17.0. The van der Waals surface area contributed by atoms with Crippen LogP contribution in [0.4, 0.5) is 0 Å². The van der Waals surface area contributed by atoms with Gasteiger partial charge in [0.2, 0.25) is 0 Å². The van der Waals surface area contributed by atoms with Crippen molar-refractivity contribution in [3.63, 3.8) is 0 Å². The van der Waals surface area contributed by atoms with Crippen LogP contribution < -0.4 is 5.32 Å². The Morgan fingerprint density at radius 1 is 0.882 bits per heavy atom. The predicted molar refractivity (Wildman–Crippen MR) is 79.5 cm³/mol. The van der Waals surface area contributed by atoms with Crippen molar-refractivity contribution in [1.29, 1.82) is 0 Å². The predicted octanol–water partition coefficient (Wildman–Crippen LogP) is 5.15. The molecule has 0 aliphatic heterocycles. The molecule has 1 nitrogen and oxygen atoms in total. The summed E-state index contributed by atoms with van der Waals surface area (Å²) in [4.78, 5) is 0. The van der Waals surface area contributed by atoms with E-state index in [-0.39, 0.29) is 0 Å².